The molecular weight excluding hydrogens is 172 g/mol. The van der Waals surface area contributed by atoms with Crippen molar-refractivity contribution in [3.63, 3.8) is 0 Å². The molecule has 6 heteroatoms. The molecule has 2 aromatic heterocycles. The van der Waals surface area contributed by atoms with Gasteiger partial charge in [0.05, 0.1) is 7.11 Å². The fraction of sp³-hybridized carbons (Fsp3) is 0.143. The van der Waals surface area contributed by atoms with Crippen LogP contribution in [0.15, 0.2) is 18.3 Å². The van der Waals surface area contributed by atoms with Crippen molar-refractivity contribution in [2.45, 2.75) is 0 Å². The number of ether oxygens (including phenoxy) is 1. The Morgan fingerprint density at radius 2 is 2.46 bits per heavy atom. The molecule has 2 heterocycles. The van der Waals surface area contributed by atoms with E-state index in [-0.39, 0.29) is 0 Å². The first-order valence-corrected chi connectivity index (χ1v) is 3.57. The second kappa shape index (κ2) is 2.81. The van der Waals surface area contributed by atoms with Crippen LogP contribution in [0, 0.1) is 0 Å². The van der Waals surface area contributed by atoms with Crippen molar-refractivity contribution in [3.05, 3.63) is 18.3 Å². The molecule has 0 radical (unpaired) electrons. The first-order chi connectivity index (χ1) is 6.33. The Bertz CT molecular complexity index is 450. The molecule has 0 saturated carbocycles. The van der Waals surface area contributed by atoms with Gasteiger partial charge >= 0.3 is 6.09 Å². The van der Waals surface area contributed by atoms with Crippen LogP contribution in [-0.4, -0.2) is 33.2 Å². The monoisotopic (exact) mass is 178 g/mol. The summed E-state index contributed by atoms with van der Waals surface area (Å²) < 4.78 is 5.49. The number of methoxy groups -OCH3 is 1. The Labute approximate surface area is 73.1 Å². The molecule has 0 spiro atoms. The van der Waals surface area contributed by atoms with Crippen LogP contribution in [0.5, 0.6) is 0 Å². The van der Waals surface area contributed by atoms with Gasteiger partial charge in [-0.05, 0) is 12.1 Å². The van der Waals surface area contributed by atoms with Crippen LogP contribution in [0.4, 0.5) is 4.79 Å². The van der Waals surface area contributed by atoms with Crippen molar-refractivity contribution < 1.29 is 9.53 Å². The van der Waals surface area contributed by atoms with Crippen LogP contribution in [0.3, 0.4) is 0 Å². The van der Waals surface area contributed by atoms with Gasteiger partial charge in [-0.15, -0.1) is 9.78 Å². The molecule has 2 rings (SSSR count). The summed E-state index contributed by atoms with van der Waals surface area (Å²) in [6, 6.07) is 3.44. The third kappa shape index (κ3) is 1.12. The summed E-state index contributed by atoms with van der Waals surface area (Å²) in [7, 11) is 1.28. The Morgan fingerprint density at radius 3 is 3.23 bits per heavy atom. The maximum Gasteiger partial charge on any atom is 0.437 e. The number of hydrogen-bond acceptors (Lipinski definition) is 5. The molecule has 0 bridgehead atoms. The molecule has 0 fully saturated rings. The Kier molecular flexibility index (Phi) is 1.66. The Hall–Kier alpha value is -1.98. The lowest BCUT2D eigenvalue weighted by Crippen LogP contribution is -2.13. The van der Waals surface area contributed by atoms with Crippen LogP contribution >= 0.6 is 0 Å². The zero-order valence-electron chi connectivity index (χ0n) is 6.84. The maximum absolute atomic E-state index is 11.1. The van der Waals surface area contributed by atoms with E-state index in [1.807, 2.05) is 0 Å². The second-order valence-corrected chi connectivity index (χ2v) is 2.32. The Balaban J connectivity index is 2.64. The predicted octanol–water partition coefficient (Wildman–Crippen LogP) is 0.441. The van der Waals surface area contributed by atoms with Gasteiger partial charge in [0.25, 0.3) is 0 Å². The normalized spacial score (nSPS) is 10.2. The van der Waals surface area contributed by atoms with Gasteiger partial charge in [-0.25, -0.2) is 9.78 Å². The van der Waals surface area contributed by atoms with Gasteiger partial charge < -0.3 is 4.74 Å². The van der Waals surface area contributed by atoms with Crippen molar-refractivity contribution in [2.24, 2.45) is 0 Å². The number of fused-ring (bicyclic) bond motifs is 1. The van der Waals surface area contributed by atoms with Crippen molar-refractivity contribution >= 4 is 17.3 Å². The highest BCUT2D eigenvalue weighted by Crippen LogP contribution is 2.05. The van der Waals surface area contributed by atoms with E-state index in [0.717, 1.165) is 4.68 Å². The molecule has 0 aliphatic carbocycles. The van der Waals surface area contributed by atoms with Crippen molar-refractivity contribution in [2.75, 3.05) is 7.11 Å². The topological polar surface area (TPSA) is 69.9 Å². The number of aromatic nitrogens is 4. The SMILES string of the molecule is COC(=O)n1nnc2cccnc21. The van der Waals surface area contributed by atoms with E-state index >= 15 is 0 Å². The fourth-order valence-corrected chi connectivity index (χ4v) is 0.974. The molecule has 6 nitrogen and oxygen atoms in total. The zero-order chi connectivity index (χ0) is 9.26. The van der Waals surface area contributed by atoms with E-state index in [4.69, 9.17) is 0 Å². The lowest BCUT2D eigenvalue weighted by Gasteiger charge is -1.95. The molecule has 0 N–H and O–H groups in total. The lowest BCUT2D eigenvalue weighted by molar-refractivity contribution is 0.169. The third-order valence-corrected chi connectivity index (χ3v) is 1.56. The van der Waals surface area contributed by atoms with Gasteiger partial charge in [0, 0.05) is 6.20 Å². The van der Waals surface area contributed by atoms with Crippen LogP contribution in [0.2, 0.25) is 0 Å². The molecule has 0 unspecified atom stereocenters. The number of carbonyl (C=O) groups is 1. The summed E-state index contributed by atoms with van der Waals surface area (Å²) >= 11 is 0. The van der Waals surface area contributed by atoms with Crippen molar-refractivity contribution in [1.29, 1.82) is 0 Å². The van der Waals surface area contributed by atoms with Gasteiger partial charge in [0.1, 0.15) is 5.52 Å². The van der Waals surface area contributed by atoms with E-state index in [1.165, 1.54) is 7.11 Å². The first-order valence-electron chi connectivity index (χ1n) is 3.57. The molecule has 2 aromatic rings. The quantitative estimate of drug-likeness (QED) is 0.585. The van der Waals surface area contributed by atoms with Gasteiger partial charge in [-0.1, -0.05) is 5.21 Å². The molecule has 0 aliphatic heterocycles. The minimum absolute atomic E-state index is 0.398. The summed E-state index contributed by atoms with van der Waals surface area (Å²) in [6.45, 7) is 0. The standard InChI is InChI=1S/C7H6N4O2/c1-13-7(12)11-6-5(9-10-11)3-2-4-8-6/h2-4H,1H3. The summed E-state index contributed by atoms with van der Waals surface area (Å²) in [4.78, 5) is 15.0. The highest BCUT2D eigenvalue weighted by Gasteiger charge is 2.11. The van der Waals surface area contributed by atoms with E-state index in [0.29, 0.717) is 11.2 Å². The average molecular weight is 178 g/mol. The van der Waals surface area contributed by atoms with E-state index in [1.54, 1.807) is 18.3 Å². The lowest BCUT2D eigenvalue weighted by atomic mass is 10.4. The van der Waals surface area contributed by atoms with Gasteiger partial charge in [-0.2, -0.15) is 0 Å². The smallest absolute Gasteiger partial charge is 0.437 e. The number of hydrogen-bond donors (Lipinski definition) is 0. The largest absolute Gasteiger partial charge is 0.451 e. The minimum Gasteiger partial charge on any atom is -0.451 e. The van der Waals surface area contributed by atoms with Crippen molar-refractivity contribution in [1.82, 2.24) is 20.0 Å². The summed E-state index contributed by atoms with van der Waals surface area (Å²) in [5.74, 6) is 0. The van der Waals surface area contributed by atoms with E-state index in [2.05, 4.69) is 20.0 Å². The average Bonchev–Trinajstić information content (AvgIpc) is 2.60. The van der Waals surface area contributed by atoms with Crippen LogP contribution in [0.1, 0.15) is 0 Å². The second-order valence-electron chi connectivity index (χ2n) is 2.32. The molecule has 0 saturated heterocycles. The highest BCUT2D eigenvalue weighted by molar-refractivity contribution is 5.81. The van der Waals surface area contributed by atoms with E-state index < -0.39 is 6.09 Å². The van der Waals surface area contributed by atoms with Gasteiger partial charge in [0.2, 0.25) is 0 Å². The molecule has 66 valence electrons. The summed E-state index contributed by atoms with van der Waals surface area (Å²) in [6.07, 6.45) is 0.965. The number of nitrogens with zero attached hydrogens (tertiary/aromatic N) is 4. The Morgan fingerprint density at radius 1 is 1.62 bits per heavy atom. The third-order valence-electron chi connectivity index (χ3n) is 1.56. The molecule has 0 aromatic carbocycles. The highest BCUT2D eigenvalue weighted by atomic mass is 16.5. The number of rotatable bonds is 0. The van der Waals surface area contributed by atoms with Gasteiger partial charge in [0.15, 0.2) is 5.65 Å². The van der Waals surface area contributed by atoms with Crippen LogP contribution < -0.4 is 0 Å². The maximum atomic E-state index is 11.1. The van der Waals surface area contributed by atoms with Crippen LogP contribution in [-0.2, 0) is 4.74 Å². The van der Waals surface area contributed by atoms with Gasteiger partial charge in [-0.3, -0.25) is 0 Å². The molecule has 0 aliphatic rings. The molecular formula is C7H6N4O2. The summed E-state index contributed by atoms with van der Waals surface area (Å²) in [5.41, 5.74) is 0.960. The van der Waals surface area contributed by atoms with Crippen molar-refractivity contribution in [3.8, 4) is 0 Å². The molecule has 0 amide bonds. The van der Waals surface area contributed by atoms with Crippen LogP contribution in [0.25, 0.3) is 11.2 Å². The number of carbonyl (C=O) groups excluding carboxylic acids is 1. The number of pyridine rings is 1. The first kappa shape index (κ1) is 7.66. The fourth-order valence-electron chi connectivity index (χ4n) is 0.974. The van der Waals surface area contributed by atoms with E-state index in [9.17, 15) is 4.79 Å². The molecule has 0 atom stereocenters. The predicted molar refractivity (Wildman–Crippen MR) is 43.1 cm³/mol. The minimum atomic E-state index is -0.596. The summed E-state index contributed by atoms with van der Waals surface area (Å²) in [5, 5.41) is 7.33. The zero-order valence-corrected chi connectivity index (χ0v) is 6.84. The molecule has 13 heavy (non-hydrogen) atoms.